The summed E-state index contributed by atoms with van der Waals surface area (Å²) in [6.07, 6.45) is -0.262. The number of rotatable bonds is 2. The molecule has 1 aromatic rings. The molecule has 106 valence electrons. The number of aryl methyl sites for hydroxylation is 1. The number of anilines is 1. The SMILES string of the molecule is CCOC(=O)N1CCN(c2cc(C#N)cc(C)n2)CC1. The van der Waals surface area contributed by atoms with Crippen LogP contribution in [0.4, 0.5) is 10.6 Å². The van der Waals surface area contributed by atoms with Crippen LogP contribution in [0.15, 0.2) is 12.1 Å². The summed E-state index contributed by atoms with van der Waals surface area (Å²) >= 11 is 0. The predicted molar refractivity (Wildman–Crippen MR) is 74.5 cm³/mol. The third kappa shape index (κ3) is 3.18. The van der Waals surface area contributed by atoms with Crippen molar-refractivity contribution in [1.82, 2.24) is 9.88 Å². The lowest BCUT2D eigenvalue weighted by molar-refractivity contribution is 0.105. The molecule has 0 unspecified atom stereocenters. The first kappa shape index (κ1) is 14.1. The second kappa shape index (κ2) is 6.24. The minimum Gasteiger partial charge on any atom is -0.450 e. The van der Waals surface area contributed by atoms with Crippen LogP contribution in [0.1, 0.15) is 18.2 Å². The van der Waals surface area contributed by atoms with Gasteiger partial charge in [-0.3, -0.25) is 0 Å². The number of piperazine rings is 1. The van der Waals surface area contributed by atoms with E-state index < -0.39 is 0 Å². The van der Waals surface area contributed by atoms with E-state index in [1.807, 2.05) is 6.92 Å². The Bertz CT molecular complexity index is 530. The third-order valence-electron chi connectivity index (χ3n) is 3.20. The number of amides is 1. The first-order chi connectivity index (χ1) is 9.63. The van der Waals surface area contributed by atoms with Gasteiger partial charge in [0.15, 0.2) is 0 Å². The van der Waals surface area contributed by atoms with Crippen molar-refractivity contribution in [2.75, 3.05) is 37.7 Å². The molecule has 1 aliphatic rings. The van der Waals surface area contributed by atoms with E-state index in [1.165, 1.54) is 0 Å². The molecule has 1 aliphatic heterocycles. The van der Waals surface area contributed by atoms with Crippen molar-refractivity contribution >= 4 is 11.9 Å². The lowest BCUT2D eigenvalue weighted by Crippen LogP contribution is -2.49. The Hall–Kier alpha value is -2.29. The van der Waals surface area contributed by atoms with Crippen LogP contribution in [0, 0.1) is 18.3 Å². The summed E-state index contributed by atoms with van der Waals surface area (Å²) in [6, 6.07) is 5.69. The molecular formula is C14H18N4O2. The summed E-state index contributed by atoms with van der Waals surface area (Å²) in [6.45, 7) is 6.67. The van der Waals surface area contributed by atoms with Gasteiger partial charge in [-0.2, -0.15) is 5.26 Å². The van der Waals surface area contributed by atoms with E-state index >= 15 is 0 Å². The maximum atomic E-state index is 11.6. The Kier molecular flexibility index (Phi) is 4.41. The fraction of sp³-hybridized carbons (Fsp3) is 0.500. The molecule has 20 heavy (non-hydrogen) atoms. The van der Waals surface area contributed by atoms with Gasteiger partial charge in [-0.1, -0.05) is 0 Å². The van der Waals surface area contributed by atoms with Gasteiger partial charge in [-0.25, -0.2) is 9.78 Å². The Morgan fingerprint density at radius 2 is 2.10 bits per heavy atom. The Morgan fingerprint density at radius 1 is 1.40 bits per heavy atom. The summed E-state index contributed by atoms with van der Waals surface area (Å²) in [5, 5.41) is 8.99. The minimum atomic E-state index is -0.262. The van der Waals surface area contributed by atoms with Crippen LogP contribution in [0.25, 0.3) is 0 Å². The predicted octanol–water partition coefficient (Wildman–Crippen LogP) is 1.54. The van der Waals surface area contributed by atoms with Crippen LogP contribution in [0.2, 0.25) is 0 Å². The number of carbonyl (C=O) groups excluding carboxylic acids is 1. The smallest absolute Gasteiger partial charge is 0.409 e. The Balaban J connectivity index is 2.02. The monoisotopic (exact) mass is 274 g/mol. The summed E-state index contributed by atoms with van der Waals surface area (Å²) in [5.74, 6) is 0.796. The molecule has 1 aromatic heterocycles. The van der Waals surface area contributed by atoms with Crippen molar-refractivity contribution < 1.29 is 9.53 Å². The molecule has 6 nitrogen and oxygen atoms in total. The zero-order valence-electron chi connectivity index (χ0n) is 11.8. The second-order valence-corrected chi connectivity index (χ2v) is 4.64. The molecule has 1 fully saturated rings. The highest BCUT2D eigenvalue weighted by Gasteiger charge is 2.22. The Morgan fingerprint density at radius 3 is 2.70 bits per heavy atom. The molecule has 0 radical (unpaired) electrons. The minimum absolute atomic E-state index is 0.262. The average molecular weight is 274 g/mol. The summed E-state index contributed by atoms with van der Waals surface area (Å²) in [4.78, 5) is 19.9. The number of pyridine rings is 1. The van der Waals surface area contributed by atoms with Crippen molar-refractivity contribution in [3.63, 3.8) is 0 Å². The molecule has 0 aliphatic carbocycles. The molecule has 6 heteroatoms. The normalized spacial score (nSPS) is 14.8. The van der Waals surface area contributed by atoms with Gasteiger partial charge in [0.25, 0.3) is 0 Å². The average Bonchev–Trinajstić information content (AvgIpc) is 2.47. The zero-order valence-corrected chi connectivity index (χ0v) is 11.8. The second-order valence-electron chi connectivity index (χ2n) is 4.64. The van der Waals surface area contributed by atoms with Gasteiger partial charge in [0.1, 0.15) is 5.82 Å². The molecule has 2 rings (SSSR count). The molecule has 2 heterocycles. The fourth-order valence-electron chi connectivity index (χ4n) is 2.21. The van der Waals surface area contributed by atoms with Crippen LogP contribution in [0.5, 0.6) is 0 Å². The fourth-order valence-corrected chi connectivity index (χ4v) is 2.21. The maximum Gasteiger partial charge on any atom is 0.409 e. The molecule has 1 amide bonds. The number of ether oxygens (including phenoxy) is 1. The number of aromatic nitrogens is 1. The molecule has 0 atom stereocenters. The van der Waals surface area contributed by atoms with Crippen molar-refractivity contribution in [1.29, 1.82) is 5.26 Å². The first-order valence-corrected chi connectivity index (χ1v) is 6.69. The highest BCUT2D eigenvalue weighted by atomic mass is 16.6. The molecular weight excluding hydrogens is 256 g/mol. The molecule has 0 N–H and O–H groups in total. The molecule has 0 saturated carbocycles. The van der Waals surface area contributed by atoms with Crippen molar-refractivity contribution in [2.45, 2.75) is 13.8 Å². The van der Waals surface area contributed by atoms with E-state index in [0.29, 0.717) is 38.3 Å². The van der Waals surface area contributed by atoms with Crippen molar-refractivity contribution in [3.05, 3.63) is 23.4 Å². The third-order valence-corrected chi connectivity index (χ3v) is 3.20. The topological polar surface area (TPSA) is 69.5 Å². The van der Waals surface area contributed by atoms with E-state index in [1.54, 1.807) is 24.0 Å². The highest BCUT2D eigenvalue weighted by molar-refractivity contribution is 5.68. The van der Waals surface area contributed by atoms with Crippen molar-refractivity contribution in [2.24, 2.45) is 0 Å². The summed E-state index contributed by atoms with van der Waals surface area (Å²) in [7, 11) is 0. The van der Waals surface area contributed by atoms with E-state index in [0.717, 1.165) is 11.5 Å². The van der Waals surface area contributed by atoms with Gasteiger partial charge in [0.2, 0.25) is 0 Å². The van der Waals surface area contributed by atoms with Crippen molar-refractivity contribution in [3.8, 4) is 6.07 Å². The molecule has 0 aromatic carbocycles. The van der Waals surface area contributed by atoms with E-state index in [2.05, 4.69) is 16.0 Å². The van der Waals surface area contributed by atoms with Gasteiger partial charge in [0.05, 0.1) is 18.2 Å². The lowest BCUT2D eigenvalue weighted by atomic mass is 10.2. The van der Waals surface area contributed by atoms with Crippen LogP contribution in [-0.4, -0.2) is 48.8 Å². The van der Waals surface area contributed by atoms with Gasteiger partial charge >= 0.3 is 6.09 Å². The van der Waals surface area contributed by atoms with Gasteiger partial charge in [-0.05, 0) is 26.0 Å². The lowest BCUT2D eigenvalue weighted by Gasteiger charge is -2.34. The van der Waals surface area contributed by atoms with Gasteiger partial charge in [0, 0.05) is 31.9 Å². The van der Waals surface area contributed by atoms with Crippen LogP contribution < -0.4 is 4.90 Å². The number of nitriles is 1. The zero-order chi connectivity index (χ0) is 14.5. The Labute approximate surface area is 118 Å². The quantitative estimate of drug-likeness (QED) is 0.818. The van der Waals surface area contributed by atoms with E-state index in [9.17, 15) is 4.79 Å². The number of nitrogens with zero attached hydrogens (tertiary/aromatic N) is 4. The highest BCUT2D eigenvalue weighted by Crippen LogP contribution is 2.17. The first-order valence-electron chi connectivity index (χ1n) is 6.69. The molecule has 0 spiro atoms. The number of carbonyl (C=O) groups is 1. The summed E-state index contributed by atoms with van der Waals surface area (Å²) in [5.41, 5.74) is 1.44. The largest absolute Gasteiger partial charge is 0.450 e. The van der Waals surface area contributed by atoms with Gasteiger partial charge in [-0.15, -0.1) is 0 Å². The van der Waals surface area contributed by atoms with Crippen LogP contribution in [0.3, 0.4) is 0 Å². The van der Waals surface area contributed by atoms with E-state index in [-0.39, 0.29) is 6.09 Å². The van der Waals surface area contributed by atoms with Gasteiger partial charge < -0.3 is 14.5 Å². The van der Waals surface area contributed by atoms with Crippen LogP contribution in [-0.2, 0) is 4.74 Å². The van der Waals surface area contributed by atoms with E-state index in [4.69, 9.17) is 10.00 Å². The van der Waals surface area contributed by atoms with Crippen LogP contribution >= 0.6 is 0 Å². The summed E-state index contributed by atoms with van der Waals surface area (Å²) < 4.78 is 4.99. The molecule has 0 bridgehead atoms. The standard InChI is InChI=1S/C14H18N4O2/c1-3-20-14(19)18-6-4-17(5-7-18)13-9-12(10-15)8-11(2)16-13/h8-9H,3-7H2,1-2H3. The molecule has 1 saturated heterocycles. The maximum absolute atomic E-state index is 11.6. The number of hydrogen-bond acceptors (Lipinski definition) is 5. The number of hydrogen-bond donors (Lipinski definition) is 0.